The molecule has 3 amide bonds. The lowest BCUT2D eigenvalue weighted by Gasteiger charge is -2.23. The highest BCUT2D eigenvalue weighted by Gasteiger charge is 2.27. The van der Waals surface area contributed by atoms with Gasteiger partial charge >= 0.3 is 6.03 Å². The number of likely N-dealkylation sites (tertiary alicyclic amines) is 1. The topological polar surface area (TPSA) is 81.7 Å². The summed E-state index contributed by atoms with van der Waals surface area (Å²) >= 11 is 0. The molecule has 3 N–H and O–H groups in total. The predicted molar refractivity (Wildman–Crippen MR) is 75.3 cm³/mol. The number of carbonyl (C=O) groups is 2. The summed E-state index contributed by atoms with van der Waals surface area (Å²) < 4.78 is 0. The fourth-order valence-corrected chi connectivity index (χ4v) is 2.31. The maximum absolute atomic E-state index is 11.9. The van der Waals surface area contributed by atoms with Crippen LogP contribution in [0.5, 0.6) is 0 Å². The molecule has 1 saturated heterocycles. The zero-order valence-electron chi connectivity index (χ0n) is 11.2. The molecule has 1 aliphatic rings. The van der Waals surface area contributed by atoms with Gasteiger partial charge in [0.05, 0.1) is 19.2 Å². The number of para-hydroxylation sites is 1. The molecule has 2 rings (SSSR count). The highest BCUT2D eigenvalue weighted by molar-refractivity contribution is 5.92. The molecule has 1 heterocycles. The Morgan fingerprint density at radius 1 is 1.30 bits per heavy atom. The number of benzene rings is 1. The summed E-state index contributed by atoms with van der Waals surface area (Å²) in [7, 11) is 0. The van der Waals surface area contributed by atoms with E-state index in [9.17, 15) is 9.59 Å². The van der Waals surface area contributed by atoms with E-state index < -0.39 is 6.03 Å². The summed E-state index contributed by atoms with van der Waals surface area (Å²) in [6.45, 7) is 0.559. The van der Waals surface area contributed by atoms with Gasteiger partial charge in [-0.1, -0.05) is 18.2 Å². The lowest BCUT2D eigenvalue weighted by Crippen LogP contribution is -2.44. The molecule has 1 fully saturated rings. The zero-order valence-corrected chi connectivity index (χ0v) is 11.2. The van der Waals surface area contributed by atoms with Gasteiger partial charge in [0, 0.05) is 12.2 Å². The van der Waals surface area contributed by atoms with Crippen molar-refractivity contribution in [2.24, 2.45) is 0 Å². The van der Waals surface area contributed by atoms with E-state index in [-0.39, 0.29) is 25.1 Å². The molecular weight excluding hydrogens is 258 g/mol. The van der Waals surface area contributed by atoms with Crippen molar-refractivity contribution in [3.63, 3.8) is 0 Å². The summed E-state index contributed by atoms with van der Waals surface area (Å²) in [5.41, 5.74) is 0.673. The maximum Gasteiger partial charge on any atom is 0.319 e. The molecule has 20 heavy (non-hydrogen) atoms. The standard InChI is InChI=1S/C14H19N3O3/c18-10-12-7-4-8-17(12)13(19)9-15-14(20)16-11-5-2-1-3-6-11/h1-3,5-6,12,18H,4,7-10H2,(H2,15,16,20)/t12-/m0/s1. The van der Waals surface area contributed by atoms with Gasteiger partial charge in [-0.15, -0.1) is 0 Å². The average molecular weight is 277 g/mol. The molecule has 1 aliphatic heterocycles. The van der Waals surface area contributed by atoms with E-state index in [1.54, 1.807) is 17.0 Å². The van der Waals surface area contributed by atoms with Crippen LogP contribution in [0.1, 0.15) is 12.8 Å². The highest BCUT2D eigenvalue weighted by atomic mass is 16.3. The van der Waals surface area contributed by atoms with Crippen molar-refractivity contribution in [1.82, 2.24) is 10.2 Å². The van der Waals surface area contributed by atoms with Crippen LogP contribution in [0.15, 0.2) is 30.3 Å². The molecule has 0 saturated carbocycles. The second-order valence-electron chi connectivity index (χ2n) is 4.74. The van der Waals surface area contributed by atoms with E-state index in [4.69, 9.17) is 5.11 Å². The number of aliphatic hydroxyl groups is 1. The van der Waals surface area contributed by atoms with Crippen LogP contribution >= 0.6 is 0 Å². The van der Waals surface area contributed by atoms with Crippen molar-refractivity contribution in [3.05, 3.63) is 30.3 Å². The first-order valence-corrected chi connectivity index (χ1v) is 6.71. The van der Waals surface area contributed by atoms with Crippen LogP contribution in [0.4, 0.5) is 10.5 Å². The Bertz CT molecular complexity index is 464. The van der Waals surface area contributed by atoms with Gasteiger partial charge in [-0.2, -0.15) is 0 Å². The molecular formula is C14H19N3O3. The molecule has 0 bridgehead atoms. The maximum atomic E-state index is 11.9. The third kappa shape index (κ3) is 3.71. The first-order valence-electron chi connectivity index (χ1n) is 6.71. The minimum Gasteiger partial charge on any atom is -0.394 e. The normalized spacial score (nSPS) is 17.9. The minimum atomic E-state index is -0.413. The fraction of sp³-hybridized carbons (Fsp3) is 0.429. The average Bonchev–Trinajstić information content (AvgIpc) is 2.94. The van der Waals surface area contributed by atoms with Gasteiger partial charge in [-0.25, -0.2) is 4.79 Å². The van der Waals surface area contributed by atoms with Gasteiger partial charge in [0.15, 0.2) is 0 Å². The number of aliphatic hydroxyl groups excluding tert-OH is 1. The predicted octanol–water partition coefficient (Wildman–Crippen LogP) is 0.791. The van der Waals surface area contributed by atoms with Gasteiger partial charge in [0.2, 0.25) is 5.91 Å². The van der Waals surface area contributed by atoms with E-state index in [2.05, 4.69) is 10.6 Å². The van der Waals surface area contributed by atoms with Crippen LogP contribution in [0, 0.1) is 0 Å². The first kappa shape index (κ1) is 14.3. The summed E-state index contributed by atoms with van der Waals surface area (Å²) in [6, 6.07) is 8.50. The number of rotatable bonds is 4. The van der Waals surface area contributed by atoms with Crippen LogP contribution in [0.3, 0.4) is 0 Å². The molecule has 0 unspecified atom stereocenters. The number of anilines is 1. The molecule has 6 nitrogen and oxygen atoms in total. The van der Waals surface area contributed by atoms with Crippen LogP contribution in [0.25, 0.3) is 0 Å². The van der Waals surface area contributed by atoms with Crippen molar-refractivity contribution in [2.75, 3.05) is 25.0 Å². The molecule has 1 aromatic rings. The summed E-state index contributed by atoms with van der Waals surface area (Å²) in [5, 5.41) is 14.3. The molecule has 6 heteroatoms. The van der Waals surface area contributed by atoms with E-state index >= 15 is 0 Å². The van der Waals surface area contributed by atoms with Crippen LogP contribution < -0.4 is 10.6 Å². The number of nitrogens with zero attached hydrogens (tertiary/aromatic N) is 1. The molecule has 0 aliphatic carbocycles. The van der Waals surface area contributed by atoms with Gasteiger partial charge in [-0.05, 0) is 25.0 Å². The Morgan fingerprint density at radius 3 is 2.75 bits per heavy atom. The van der Waals surface area contributed by atoms with Gasteiger partial charge < -0.3 is 20.6 Å². The number of carbonyl (C=O) groups excluding carboxylic acids is 2. The molecule has 0 radical (unpaired) electrons. The first-order chi connectivity index (χ1) is 9.70. The number of amides is 3. The second-order valence-corrected chi connectivity index (χ2v) is 4.74. The Kier molecular flexibility index (Phi) is 4.95. The van der Waals surface area contributed by atoms with Crippen LogP contribution in [0.2, 0.25) is 0 Å². The molecule has 0 spiro atoms. The lowest BCUT2D eigenvalue weighted by molar-refractivity contribution is -0.131. The zero-order chi connectivity index (χ0) is 14.4. The number of hydrogen-bond acceptors (Lipinski definition) is 3. The molecule has 108 valence electrons. The quantitative estimate of drug-likeness (QED) is 0.761. The minimum absolute atomic E-state index is 0.0258. The number of nitrogens with one attached hydrogen (secondary N) is 2. The third-order valence-electron chi connectivity index (χ3n) is 3.34. The Hall–Kier alpha value is -2.08. The highest BCUT2D eigenvalue weighted by Crippen LogP contribution is 2.16. The van der Waals surface area contributed by atoms with E-state index in [0.29, 0.717) is 12.2 Å². The summed E-state index contributed by atoms with van der Waals surface area (Å²) in [6.07, 6.45) is 1.71. The summed E-state index contributed by atoms with van der Waals surface area (Å²) in [5.74, 6) is -0.162. The Balaban J connectivity index is 1.77. The monoisotopic (exact) mass is 277 g/mol. The van der Waals surface area contributed by atoms with Crippen LogP contribution in [-0.2, 0) is 4.79 Å². The van der Waals surface area contributed by atoms with Gasteiger partial charge in [0.1, 0.15) is 0 Å². The summed E-state index contributed by atoms with van der Waals surface area (Å²) in [4.78, 5) is 25.2. The Morgan fingerprint density at radius 2 is 2.05 bits per heavy atom. The van der Waals surface area contributed by atoms with Crippen molar-refractivity contribution in [2.45, 2.75) is 18.9 Å². The van der Waals surface area contributed by atoms with Crippen molar-refractivity contribution < 1.29 is 14.7 Å². The third-order valence-corrected chi connectivity index (χ3v) is 3.34. The molecule has 0 aromatic heterocycles. The van der Waals surface area contributed by atoms with Gasteiger partial charge in [-0.3, -0.25) is 4.79 Å². The second kappa shape index (κ2) is 6.91. The van der Waals surface area contributed by atoms with E-state index in [1.165, 1.54) is 0 Å². The largest absolute Gasteiger partial charge is 0.394 e. The van der Waals surface area contributed by atoms with Crippen molar-refractivity contribution >= 4 is 17.6 Å². The lowest BCUT2D eigenvalue weighted by atomic mass is 10.2. The van der Waals surface area contributed by atoms with E-state index in [0.717, 1.165) is 12.8 Å². The fourth-order valence-electron chi connectivity index (χ4n) is 2.31. The van der Waals surface area contributed by atoms with Crippen LogP contribution in [-0.4, -0.2) is 47.7 Å². The number of hydrogen-bond donors (Lipinski definition) is 3. The SMILES string of the molecule is O=C(NCC(=O)N1CCC[C@H]1CO)Nc1ccccc1. The Labute approximate surface area is 117 Å². The number of urea groups is 1. The van der Waals surface area contributed by atoms with E-state index in [1.807, 2.05) is 18.2 Å². The van der Waals surface area contributed by atoms with Crippen molar-refractivity contribution in [1.29, 1.82) is 0 Å². The molecule has 1 aromatic carbocycles. The molecule has 1 atom stereocenters. The smallest absolute Gasteiger partial charge is 0.319 e. The van der Waals surface area contributed by atoms with Crippen molar-refractivity contribution in [3.8, 4) is 0 Å². The van der Waals surface area contributed by atoms with Gasteiger partial charge in [0.25, 0.3) is 0 Å².